The summed E-state index contributed by atoms with van der Waals surface area (Å²) in [5.74, 6) is -1.47. The van der Waals surface area contributed by atoms with Crippen LogP contribution >= 0.6 is 15.9 Å². The maximum Gasteiger partial charge on any atom is 0.339 e. The molecule has 1 amide bonds. The predicted molar refractivity (Wildman–Crippen MR) is 119 cm³/mol. The molecule has 0 atom stereocenters. The summed E-state index contributed by atoms with van der Waals surface area (Å²) in [6, 6.07) is 19.0. The lowest BCUT2D eigenvalue weighted by atomic mass is 9.98. The Balaban J connectivity index is 1.69. The smallest absolute Gasteiger partial charge is 0.339 e. The molecule has 0 radical (unpaired) electrons. The molecule has 0 spiro atoms. The maximum atomic E-state index is 12.8. The van der Waals surface area contributed by atoms with E-state index >= 15 is 0 Å². The Morgan fingerprint density at radius 1 is 0.900 bits per heavy atom. The molecule has 0 bridgehead atoms. The Bertz CT molecular complexity index is 1110. The second kappa shape index (κ2) is 9.50. The average Bonchev–Trinajstić information content (AvgIpc) is 2.74. The third-order valence-corrected chi connectivity index (χ3v) is 5.00. The van der Waals surface area contributed by atoms with Gasteiger partial charge in [-0.1, -0.05) is 64.0 Å². The van der Waals surface area contributed by atoms with E-state index in [1.807, 2.05) is 38.1 Å². The topological polar surface area (TPSA) is 72.5 Å². The predicted octanol–water partition coefficient (Wildman–Crippen LogP) is 5.09. The lowest BCUT2D eigenvalue weighted by Crippen LogP contribution is -2.22. The van der Waals surface area contributed by atoms with E-state index in [4.69, 9.17) is 4.74 Å². The molecule has 0 aliphatic rings. The molecule has 0 fully saturated rings. The number of ether oxygens (including phenoxy) is 1. The first-order valence-corrected chi connectivity index (χ1v) is 10.1. The average molecular weight is 466 g/mol. The van der Waals surface area contributed by atoms with E-state index in [1.165, 1.54) is 6.07 Å². The maximum absolute atomic E-state index is 12.8. The van der Waals surface area contributed by atoms with Gasteiger partial charge < -0.3 is 10.1 Å². The monoisotopic (exact) mass is 465 g/mol. The third kappa shape index (κ3) is 5.21. The van der Waals surface area contributed by atoms with Gasteiger partial charge in [0.05, 0.1) is 5.56 Å². The summed E-state index contributed by atoms with van der Waals surface area (Å²) >= 11 is 3.37. The second-order valence-electron chi connectivity index (χ2n) is 6.82. The van der Waals surface area contributed by atoms with Crippen LogP contribution in [0.25, 0.3) is 0 Å². The van der Waals surface area contributed by atoms with E-state index in [0.717, 1.165) is 15.6 Å². The fourth-order valence-corrected chi connectivity index (χ4v) is 3.36. The number of ketones is 1. The van der Waals surface area contributed by atoms with E-state index in [2.05, 4.69) is 21.2 Å². The van der Waals surface area contributed by atoms with Gasteiger partial charge in [-0.05, 0) is 43.7 Å². The van der Waals surface area contributed by atoms with Crippen molar-refractivity contribution in [3.8, 4) is 0 Å². The summed E-state index contributed by atoms with van der Waals surface area (Å²) in [4.78, 5) is 37.6. The molecular weight excluding hydrogens is 446 g/mol. The molecule has 0 saturated carbocycles. The molecule has 3 rings (SSSR count). The highest BCUT2D eigenvalue weighted by Crippen LogP contribution is 2.20. The number of carbonyl (C=O) groups excluding carboxylic acids is 3. The second-order valence-corrected chi connectivity index (χ2v) is 7.74. The van der Waals surface area contributed by atoms with E-state index in [0.29, 0.717) is 11.3 Å². The van der Waals surface area contributed by atoms with Crippen molar-refractivity contribution in [3.63, 3.8) is 0 Å². The van der Waals surface area contributed by atoms with Crippen LogP contribution in [0.5, 0.6) is 0 Å². The zero-order chi connectivity index (χ0) is 21.7. The minimum Gasteiger partial charge on any atom is -0.452 e. The number of hydrogen-bond donors (Lipinski definition) is 1. The Morgan fingerprint density at radius 3 is 2.23 bits per heavy atom. The Labute approximate surface area is 183 Å². The molecule has 0 aliphatic heterocycles. The summed E-state index contributed by atoms with van der Waals surface area (Å²) in [5.41, 5.74) is 3.37. The van der Waals surface area contributed by atoms with Gasteiger partial charge in [0.2, 0.25) is 0 Å². The number of rotatable bonds is 6. The van der Waals surface area contributed by atoms with Crippen molar-refractivity contribution in [1.82, 2.24) is 0 Å². The van der Waals surface area contributed by atoms with Crippen LogP contribution in [0.3, 0.4) is 0 Å². The van der Waals surface area contributed by atoms with Gasteiger partial charge in [-0.15, -0.1) is 0 Å². The van der Waals surface area contributed by atoms with Crippen molar-refractivity contribution < 1.29 is 19.1 Å². The molecule has 6 heteroatoms. The number of aryl methyl sites for hydroxylation is 2. The first-order chi connectivity index (χ1) is 14.3. The zero-order valence-electron chi connectivity index (χ0n) is 16.6. The Hall–Kier alpha value is -3.25. The lowest BCUT2D eigenvalue weighted by Gasteiger charge is -2.11. The SMILES string of the molecule is Cc1ccc(C(=O)c2ccccc2C(=O)OCC(=O)Nc2ccc(Br)cc2C)cc1. The highest BCUT2D eigenvalue weighted by atomic mass is 79.9. The number of carbonyl (C=O) groups is 3. The summed E-state index contributed by atoms with van der Waals surface area (Å²) in [7, 11) is 0. The van der Waals surface area contributed by atoms with E-state index in [9.17, 15) is 14.4 Å². The van der Waals surface area contributed by atoms with E-state index in [1.54, 1.807) is 36.4 Å². The molecule has 152 valence electrons. The van der Waals surface area contributed by atoms with Gasteiger partial charge in [0.15, 0.2) is 12.4 Å². The van der Waals surface area contributed by atoms with Gasteiger partial charge in [-0.25, -0.2) is 4.79 Å². The van der Waals surface area contributed by atoms with Gasteiger partial charge >= 0.3 is 5.97 Å². The first kappa shape index (κ1) is 21.5. The van der Waals surface area contributed by atoms with Crippen molar-refractivity contribution in [3.05, 3.63) is 99.0 Å². The highest BCUT2D eigenvalue weighted by Gasteiger charge is 2.20. The summed E-state index contributed by atoms with van der Waals surface area (Å²) < 4.78 is 6.06. The fourth-order valence-electron chi connectivity index (χ4n) is 2.88. The van der Waals surface area contributed by atoms with Crippen LogP contribution in [0.4, 0.5) is 5.69 Å². The quantitative estimate of drug-likeness (QED) is 0.406. The van der Waals surface area contributed by atoms with Crippen LogP contribution in [-0.4, -0.2) is 24.3 Å². The summed E-state index contributed by atoms with van der Waals surface area (Å²) in [6.07, 6.45) is 0. The standard InChI is InChI=1S/C24H20BrNO4/c1-15-7-9-17(10-8-15)23(28)19-5-3-4-6-20(19)24(29)30-14-22(27)26-21-12-11-18(25)13-16(21)2/h3-13H,14H2,1-2H3,(H,26,27). The molecule has 0 aromatic heterocycles. The molecule has 0 saturated heterocycles. The van der Waals surface area contributed by atoms with Crippen molar-refractivity contribution in [2.24, 2.45) is 0 Å². The molecule has 30 heavy (non-hydrogen) atoms. The van der Waals surface area contributed by atoms with Crippen molar-refractivity contribution in [1.29, 1.82) is 0 Å². The number of amides is 1. The van der Waals surface area contributed by atoms with Crippen LogP contribution in [-0.2, 0) is 9.53 Å². The zero-order valence-corrected chi connectivity index (χ0v) is 18.2. The fraction of sp³-hybridized carbons (Fsp3) is 0.125. The van der Waals surface area contributed by atoms with Crippen LogP contribution < -0.4 is 5.32 Å². The molecule has 3 aromatic carbocycles. The van der Waals surface area contributed by atoms with E-state index in [-0.39, 0.29) is 16.9 Å². The van der Waals surface area contributed by atoms with Gasteiger partial charge in [0.25, 0.3) is 5.91 Å². The van der Waals surface area contributed by atoms with E-state index < -0.39 is 18.5 Å². The molecule has 1 N–H and O–H groups in total. The van der Waals surface area contributed by atoms with Crippen LogP contribution in [0.1, 0.15) is 37.4 Å². The molecule has 0 aliphatic carbocycles. The third-order valence-electron chi connectivity index (χ3n) is 4.50. The van der Waals surface area contributed by atoms with Crippen LogP contribution in [0, 0.1) is 13.8 Å². The number of esters is 1. The van der Waals surface area contributed by atoms with Crippen molar-refractivity contribution in [2.45, 2.75) is 13.8 Å². The molecular formula is C24H20BrNO4. The molecule has 0 heterocycles. The van der Waals surface area contributed by atoms with Crippen LogP contribution in [0.15, 0.2) is 71.2 Å². The van der Waals surface area contributed by atoms with Crippen LogP contribution in [0.2, 0.25) is 0 Å². The number of anilines is 1. The summed E-state index contributed by atoms with van der Waals surface area (Å²) in [6.45, 7) is 3.33. The lowest BCUT2D eigenvalue weighted by molar-refractivity contribution is -0.119. The van der Waals surface area contributed by atoms with Gasteiger partial charge in [-0.3, -0.25) is 9.59 Å². The molecule has 3 aromatic rings. The van der Waals surface area contributed by atoms with Gasteiger partial charge in [0, 0.05) is 21.3 Å². The summed E-state index contributed by atoms with van der Waals surface area (Å²) in [5, 5.41) is 2.71. The minimum absolute atomic E-state index is 0.121. The number of halogens is 1. The molecule has 0 unspecified atom stereocenters. The number of nitrogens with one attached hydrogen (secondary N) is 1. The number of benzene rings is 3. The van der Waals surface area contributed by atoms with Gasteiger partial charge in [-0.2, -0.15) is 0 Å². The molecule has 5 nitrogen and oxygen atoms in total. The van der Waals surface area contributed by atoms with Crippen molar-refractivity contribution >= 4 is 39.3 Å². The Kier molecular flexibility index (Phi) is 6.79. The minimum atomic E-state index is -0.728. The van der Waals surface area contributed by atoms with Gasteiger partial charge in [0.1, 0.15) is 0 Å². The first-order valence-electron chi connectivity index (χ1n) is 9.28. The van der Waals surface area contributed by atoms with Crippen molar-refractivity contribution in [2.75, 3.05) is 11.9 Å². The normalized spacial score (nSPS) is 10.4. The largest absolute Gasteiger partial charge is 0.452 e. The highest BCUT2D eigenvalue weighted by molar-refractivity contribution is 9.10. The number of hydrogen-bond acceptors (Lipinski definition) is 4. The Morgan fingerprint density at radius 2 is 1.57 bits per heavy atom.